The number of aliphatic hydroxyl groups is 1. The molecule has 0 fully saturated rings. The average molecular weight is 208 g/mol. The SMILES string of the molecule is Cc1ccc(F)c(-n2nnc(CO)n2)c1. The van der Waals surface area contributed by atoms with Crippen LogP contribution in [0.2, 0.25) is 0 Å². The standard InChI is InChI=1S/C9H9FN4O/c1-6-2-3-7(10)8(4-6)14-12-9(5-15)11-13-14/h2-4,15H,5H2,1H3. The number of hydrogen-bond donors (Lipinski definition) is 1. The molecule has 0 saturated heterocycles. The molecular formula is C9H9FN4O. The van der Waals surface area contributed by atoms with Crippen LogP contribution < -0.4 is 0 Å². The molecule has 1 N–H and O–H groups in total. The molecule has 6 heteroatoms. The number of aliphatic hydroxyl groups excluding tert-OH is 1. The van der Waals surface area contributed by atoms with Crippen LogP contribution in [0.4, 0.5) is 4.39 Å². The zero-order valence-corrected chi connectivity index (χ0v) is 8.05. The van der Waals surface area contributed by atoms with Crippen LogP contribution in [0.3, 0.4) is 0 Å². The van der Waals surface area contributed by atoms with Gasteiger partial charge in [0.2, 0.25) is 5.82 Å². The fraction of sp³-hybridized carbons (Fsp3) is 0.222. The molecule has 0 unspecified atom stereocenters. The van der Waals surface area contributed by atoms with Crippen molar-refractivity contribution in [2.75, 3.05) is 0 Å². The monoisotopic (exact) mass is 208 g/mol. The van der Waals surface area contributed by atoms with Crippen molar-refractivity contribution in [2.45, 2.75) is 13.5 Å². The summed E-state index contributed by atoms with van der Waals surface area (Å²) in [6.07, 6.45) is 0. The number of benzene rings is 1. The second-order valence-corrected chi connectivity index (χ2v) is 3.11. The van der Waals surface area contributed by atoms with Gasteiger partial charge >= 0.3 is 0 Å². The molecular weight excluding hydrogens is 199 g/mol. The Kier molecular flexibility index (Phi) is 2.42. The van der Waals surface area contributed by atoms with Gasteiger partial charge in [0.1, 0.15) is 12.3 Å². The summed E-state index contributed by atoms with van der Waals surface area (Å²) >= 11 is 0. The van der Waals surface area contributed by atoms with Crippen LogP contribution in [0, 0.1) is 12.7 Å². The van der Waals surface area contributed by atoms with Crippen LogP contribution in [0.15, 0.2) is 18.2 Å². The molecule has 1 aromatic carbocycles. The van der Waals surface area contributed by atoms with Crippen LogP contribution in [0.25, 0.3) is 5.69 Å². The molecule has 0 atom stereocenters. The molecule has 0 saturated carbocycles. The molecule has 0 amide bonds. The Morgan fingerprint density at radius 3 is 2.93 bits per heavy atom. The van der Waals surface area contributed by atoms with Gasteiger partial charge in [-0.2, -0.15) is 0 Å². The van der Waals surface area contributed by atoms with Crippen molar-refractivity contribution in [2.24, 2.45) is 0 Å². The minimum Gasteiger partial charge on any atom is -0.388 e. The van der Waals surface area contributed by atoms with Crippen LogP contribution in [0.1, 0.15) is 11.4 Å². The first-order valence-corrected chi connectivity index (χ1v) is 4.37. The van der Waals surface area contributed by atoms with Gasteiger partial charge in [0.05, 0.1) is 0 Å². The molecule has 0 aliphatic rings. The van der Waals surface area contributed by atoms with Crippen molar-refractivity contribution in [3.8, 4) is 5.69 Å². The summed E-state index contributed by atoms with van der Waals surface area (Å²) < 4.78 is 13.4. The Hall–Kier alpha value is -1.82. The first-order valence-electron chi connectivity index (χ1n) is 4.37. The van der Waals surface area contributed by atoms with Crippen molar-refractivity contribution in [3.63, 3.8) is 0 Å². The van der Waals surface area contributed by atoms with Crippen molar-refractivity contribution in [3.05, 3.63) is 35.4 Å². The number of nitrogens with zero attached hydrogens (tertiary/aromatic N) is 4. The molecule has 0 bridgehead atoms. The highest BCUT2D eigenvalue weighted by Gasteiger charge is 2.08. The van der Waals surface area contributed by atoms with Crippen LogP contribution in [-0.2, 0) is 6.61 Å². The molecule has 2 aromatic rings. The number of rotatable bonds is 2. The smallest absolute Gasteiger partial charge is 0.200 e. The third-order valence-electron chi connectivity index (χ3n) is 1.91. The minimum atomic E-state index is -0.428. The van der Waals surface area contributed by atoms with Crippen molar-refractivity contribution in [1.29, 1.82) is 0 Å². The average Bonchev–Trinajstić information content (AvgIpc) is 2.70. The molecule has 78 valence electrons. The van der Waals surface area contributed by atoms with E-state index in [2.05, 4.69) is 15.4 Å². The highest BCUT2D eigenvalue weighted by atomic mass is 19.1. The van der Waals surface area contributed by atoms with E-state index in [1.165, 1.54) is 6.07 Å². The van der Waals surface area contributed by atoms with Crippen molar-refractivity contribution >= 4 is 0 Å². The number of aromatic nitrogens is 4. The lowest BCUT2D eigenvalue weighted by Crippen LogP contribution is -2.02. The zero-order valence-electron chi connectivity index (χ0n) is 8.05. The van der Waals surface area contributed by atoms with Gasteiger partial charge in [-0.3, -0.25) is 0 Å². The van der Waals surface area contributed by atoms with Crippen LogP contribution in [-0.4, -0.2) is 25.3 Å². The van der Waals surface area contributed by atoms with Gasteiger partial charge in [-0.1, -0.05) is 6.07 Å². The summed E-state index contributed by atoms with van der Waals surface area (Å²) in [6.45, 7) is 1.53. The first-order chi connectivity index (χ1) is 7.20. The summed E-state index contributed by atoms with van der Waals surface area (Å²) in [7, 11) is 0. The van der Waals surface area contributed by atoms with E-state index in [0.29, 0.717) is 0 Å². The zero-order chi connectivity index (χ0) is 10.8. The Balaban J connectivity index is 2.48. The van der Waals surface area contributed by atoms with Crippen LogP contribution in [0.5, 0.6) is 0 Å². The maximum atomic E-state index is 13.4. The molecule has 0 aliphatic carbocycles. The lowest BCUT2D eigenvalue weighted by atomic mass is 10.2. The number of aryl methyl sites for hydroxylation is 1. The fourth-order valence-electron chi connectivity index (χ4n) is 1.18. The van der Waals surface area contributed by atoms with E-state index in [9.17, 15) is 4.39 Å². The molecule has 0 aliphatic heterocycles. The third kappa shape index (κ3) is 1.84. The predicted molar refractivity (Wildman–Crippen MR) is 49.8 cm³/mol. The molecule has 2 rings (SSSR count). The number of tetrazole rings is 1. The summed E-state index contributed by atoms with van der Waals surface area (Å²) in [5.41, 5.74) is 1.12. The van der Waals surface area contributed by atoms with Crippen molar-refractivity contribution in [1.82, 2.24) is 20.2 Å². The highest BCUT2D eigenvalue weighted by Crippen LogP contribution is 2.12. The molecule has 0 spiro atoms. The Labute approximate surface area is 85.2 Å². The Morgan fingerprint density at radius 2 is 2.27 bits per heavy atom. The van der Waals surface area contributed by atoms with E-state index in [0.717, 1.165) is 10.4 Å². The molecule has 1 heterocycles. The summed E-state index contributed by atoms with van der Waals surface area (Å²) in [5, 5.41) is 19.7. The molecule has 0 radical (unpaired) electrons. The summed E-state index contributed by atoms with van der Waals surface area (Å²) in [5.74, 6) is -0.265. The van der Waals surface area contributed by atoms with Gasteiger partial charge in [0, 0.05) is 0 Å². The predicted octanol–water partition coefficient (Wildman–Crippen LogP) is 0.602. The Morgan fingerprint density at radius 1 is 1.47 bits per heavy atom. The van der Waals surface area contributed by atoms with Gasteiger partial charge < -0.3 is 5.11 Å². The first kappa shape index (κ1) is 9.72. The van der Waals surface area contributed by atoms with E-state index in [-0.39, 0.29) is 18.1 Å². The number of hydrogen-bond acceptors (Lipinski definition) is 4. The second-order valence-electron chi connectivity index (χ2n) is 3.11. The molecule has 15 heavy (non-hydrogen) atoms. The molecule has 1 aromatic heterocycles. The normalized spacial score (nSPS) is 10.6. The largest absolute Gasteiger partial charge is 0.388 e. The van der Waals surface area contributed by atoms with E-state index in [4.69, 9.17) is 5.11 Å². The van der Waals surface area contributed by atoms with E-state index in [1.54, 1.807) is 12.1 Å². The second kappa shape index (κ2) is 3.74. The van der Waals surface area contributed by atoms with Gasteiger partial charge in [-0.05, 0) is 29.8 Å². The van der Waals surface area contributed by atoms with E-state index >= 15 is 0 Å². The fourth-order valence-corrected chi connectivity index (χ4v) is 1.18. The lowest BCUT2D eigenvalue weighted by molar-refractivity contribution is 0.271. The quantitative estimate of drug-likeness (QED) is 0.785. The van der Waals surface area contributed by atoms with Gasteiger partial charge in [0.15, 0.2) is 5.82 Å². The summed E-state index contributed by atoms with van der Waals surface area (Å²) in [6, 6.07) is 4.60. The number of halogens is 1. The maximum Gasteiger partial charge on any atom is 0.200 e. The molecule has 5 nitrogen and oxygen atoms in total. The van der Waals surface area contributed by atoms with Crippen LogP contribution >= 0.6 is 0 Å². The third-order valence-corrected chi connectivity index (χ3v) is 1.91. The van der Waals surface area contributed by atoms with Crippen molar-refractivity contribution < 1.29 is 9.50 Å². The van der Waals surface area contributed by atoms with Gasteiger partial charge in [-0.25, -0.2) is 4.39 Å². The Bertz CT molecular complexity index is 483. The van der Waals surface area contributed by atoms with Gasteiger partial charge in [-0.15, -0.1) is 15.0 Å². The highest BCUT2D eigenvalue weighted by molar-refractivity contribution is 5.34. The van der Waals surface area contributed by atoms with E-state index in [1.807, 2.05) is 6.92 Å². The lowest BCUT2D eigenvalue weighted by Gasteiger charge is -2.01. The minimum absolute atomic E-state index is 0.163. The topological polar surface area (TPSA) is 63.8 Å². The summed E-state index contributed by atoms with van der Waals surface area (Å²) in [4.78, 5) is 1.06. The van der Waals surface area contributed by atoms with E-state index < -0.39 is 5.82 Å². The maximum absolute atomic E-state index is 13.4. The van der Waals surface area contributed by atoms with Gasteiger partial charge in [0.25, 0.3) is 0 Å².